The van der Waals surface area contributed by atoms with Crippen LogP contribution in [0.15, 0.2) is 39.5 Å². The van der Waals surface area contributed by atoms with Crippen LogP contribution in [0, 0.1) is 0 Å². The van der Waals surface area contributed by atoms with Gasteiger partial charge in [0.15, 0.2) is 0 Å². The first-order valence-electron chi connectivity index (χ1n) is 4.34. The van der Waals surface area contributed by atoms with Gasteiger partial charge in [0.25, 0.3) is 0 Å². The Kier molecular flexibility index (Phi) is 2.93. The molecule has 4 heteroatoms. The van der Waals surface area contributed by atoms with Crippen molar-refractivity contribution in [2.45, 2.75) is 12.8 Å². The Morgan fingerprint density at radius 3 is 2.57 bits per heavy atom. The van der Waals surface area contributed by atoms with Crippen LogP contribution in [0.4, 0.5) is 0 Å². The molecule has 0 fully saturated rings. The van der Waals surface area contributed by atoms with Crippen molar-refractivity contribution in [3.63, 3.8) is 0 Å². The number of nitrogens with zero attached hydrogens (tertiary/aromatic N) is 2. The molecule has 1 heterocycles. The van der Waals surface area contributed by atoms with E-state index in [4.69, 9.17) is 4.42 Å². The van der Waals surface area contributed by atoms with Gasteiger partial charge in [0.05, 0.1) is 0 Å². The summed E-state index contributed by atoms with van der Waals surface area (Å²) < 4.78 is 6.14. The molecule has 2 aromatic rings. The van der Waals surface area contributed by atoms with Crippen LogP contribution < -0.4 is 0 Å². The number of benzene rings is 1. The zero-order valence-corrected chi connectivity index (χ0v) is 9.07. The lowest BCUT2D eigenvalue weighted by molar-refractivity contribution is 0.492. The smallest absolute Gasteiger partial charge is 0.216 e. The predicted octanol–water partition coefficient (Wildman–Crippen LogP) is 2.62. The van der Waals surface area contributed by atoms with Gasteiger partial charge in [-0.2, -0.15) is 0 Å². The van der Waals surface area contributed by atoms with Crippen molar-refractivity contribution in [3.8, 4) is 0 Å². The van der Waals surface area contributed by atoms with Crippen LogP contribution in [0.25, 0.3) is 0 Å². The van der Waals surface area contributed by atoms with E-state index in [0.29, 0.717) is 5.89 Å². The van der Waals surface area contributed by atoms with Gasteiger partial charge in [0, 0.05) is 10.9 Å². The highest BCUT2D eigenvalue weighted by molar-refractivity contribution is 9.10. The number of hydrogen-bond donors (Lipinski definition) is 0. The van der Waals surface area contributed by atoms with Gasteiger partial charge in [0.2, 0.25) is 12.3 Å². The number of hydrogen-bond acceptors (Lipinski definition) is 3. The number of aryl methyl sites for hydroxylation is 2. The van der Waals surface area contributed by atoms with Crippen molar-refractivity contribution < 1.29 is 4.42 Å². The Labute approximate surface area is 90.3 Å². The van der Waals surface area contributed by atoms with Gasteiger partial charge < -0.3 is 4.42 Å². The van der Waals surface area contributed by atoms with E-state index in [0.717, 1.165) is 17.3 Å². The Morgan fingerprint density at radius 2 is 1.93 bits per heavy atom. The number of aromatic nitrogens is 2. The molecule has 0 saturated heterocycles. The fourth-order valence-electron chi connectivity index (χ4n) is 1.21. The highest BCUT2D eigenvalue weighted by Gasteiger charge is 1.99. The molecule has 14 heavy (non-hydrogen) atoms. The minimum Gasteiger partial charge on any atom is -0.428 e. The fraction of sp³-hybridized carbons (Fsp3) is 0.200. The first-order valence-corrected chi connectivity index (χ1v) is 5.13. The molecule has 0 unspecified atom stereocenters. The van der Waals surface area contributed by atoms with E-state index in [1.807, 2.05) is 12.1 Å². The Morgan fingerprint density at radius 1 is 1.14 bits per heavy atom. The standard InChI is InChI=1S/C10H9BrN2O/c11-9-4-1-8(2-5-9)3-6-10-13-12-7-14-10/h1-2,4-5,7H,3,6H2. The molecule has 0 aliphatic heterocycles. The van der Waals surface area contributed by atoms with Crippen molar-refractivity contribution in [2.75, 3.05) is 0 Å². The van der Waals surface area contributed by atoms with Gasteiger partial charge in [-0.25, -0.2) is 0 Å². The maximum Gasteiger partial charge on any atom is 0.216 e. The second kappa shape index (κ2) is 4.37. The average molecular weight is 253 g/mol. The topological polar surface area (TPSA) is 38.9 Å². The van der Waals surface area contributed by atoms with E-state index in [2.05, 4.69) is 38.3 Å². The molecule has 1 aromatic carbocycles. The van der Waals surface area contributed by atoms with Gasteiger partial charge >= 0.3 is 0 Å². The lowest BCUT2D eigenvalue weighted by Gasteiger charge is -1.98. The molecule has 0 atom stereocenters. The summed E-state index contributed by atoms with van der Waals surface area (Å²) in [4.78, 5) is 0. The lowest BCUT2D eigenvalue weighted by Crippen LogP contribution is -1.91. The molecule has 0 aliphatic carbocycles. The quantitative estimate of drug-likeness (QED) is 0.843. The van der Waals surface area contributed by atoms with Crippen molar-refractivity contribution >= 4 is 15.9 Å². The first-order chi connectivity index (χ1) is 6.84. The third kappa shape index (κ3) is 2.42. The van der Waals surface area contributed by atoms with Crippen LogP contribution >= 0.6 is 15.9 Å². The van der Waals surface area contributed by atoms with Crippen LogP contribution in [-0.2, 0) is 12.8 Å². The lowest BCUT2D eigenvalue weighted by atomic mass is 10.1. The highest BCUT2D eigenvalue weighted by Crippen LogP contribution is 2.11. The fourth-order valence-corrected chi connectivity index (χ4v) is 1.47. The normalized spacial score (nSPS) is 10.4. The van der Waals surface area contributed by atoms with Gasteiger partial charge in [0.1, 0.15) is 0 Å². The number of rotatable bonds is 3. The van der Waals surface area contributed by atoms with E-state index in [-0.39, 0.29) is 0 Å². The third-order valence-corrected chi connectivity index (χ3v) is 2.47. The van der Waals surface area contributed by atoms with E-state index in [9.17, 15) is 0 Å². The molecule has 0 aliphatic rings. The maximum atomic E-state index is 5.05. The Bertz CT molecular complexity index is 383. The van der Waals surface area contributed by atoms with Crippen LogP contribution in [0.5, 0.6) is 0 Å². The minimum atomic E-state index is 0.688. The maximum absolute atomic E-state index is 5.05. The zero-order chi connectivity index (χ0) is 9.80. The van der Waals surface area contributed by atoms with Gasteiger partial charge in [-0.3, -0.25) is 0 Å². The van der Waals surface area contributed by atoms with E-state index in [1.54, 1.807) is 0 Å². The highest BCUT2D eigenvalue weighted by atomic mass is 79.9. The van der Waals surface area contributed by atoms with Crippen molar-refractivity contribution in [2.24, 2.45) is 0 Å². The molecular formula is C10H9BrN2O. The van der Waals surface area contributed by atoms with Crippen LogP contribution in [0.2, 0.25) is 0 Å². The summed E-state index contributed by atoms with van der Waals surface area (Å²) in [7, 11) is 0. The SMILES string of the molecule is Brc1ccc(CCc2nnco2)cc1. The monoisotopic (exact) mass is 252 g/mol. The molecular weight excluding hydrogens is 244 g/mol. The van der Waals surface area contributed by atoms with Crippen molar-refractivity contribution in [1.29, 1.82) is 0 Å². The summed E-state index contributed by atoms with van der Waals surface area (Å²) >= 11 is 3.39. The molecule has 0 radical (unpaired) electrons. The van der Waals surface area contributed by atoms with E-state index in [1.165, 1.54) is 12.0 Å². The van der Waals surface area contributed by atoms with Crippen LogP contribution in [0.1, 0.15) is 11.5 Å². The molecule has 1 aromatic heterocycles. The predicted molar refractivity (Wildman–Crippen MR) is 55.8 cm³/mol. The summed E-state index contributed by atoms with van der Waals surface area (Å²) in [5.41, 5.74) is 1.27. The second-order valence-corrected chi connectivity index (χ2v) is 3.87. The molecule has 0 spiro atoms. The first kappa shape index (κ1) is 9.40. The molecule has 2 rings (SSSR count). The molecule has 0 amide bonds. The van der Waals surface area contributed by atoms with Crippen molar-refractivity contribution in [1.82, 2.24) is 10.2 Å². The van der Waals surface area contributed by atoms with Gasteiger partial charge in [-0.1, -0.05) is 28.1 Å². The summed E-state index contributed by atoms with van der Waals surface area (Å²) in [5.74, 6) is 0.688. The second-order valence-electron chi connectivity index (χ2n) is 2.96. The zero-order valence-electron chi connectivity index (χ0n) is 7.48. The van der Waals surface area contributed by atoms with Gasteiger partial charge in [-0.05, 0) is 24.1 Å². The largest absolute Gasteiger partial charge is 0.428 e. The molecule has 0 bridgehead atoms. The minimum absolute atomic E-state index is 0.688. The summed E-state index contributed by atoms with van der Waals surface area (Å²) in [6.45, 7) is 0. The molecule has 3 nitrogen and oxygen atoms in total. The Balaban J connectivity index is 1.95. The van der Waals surface area contributed by atoms with Crippen molar-refractivity contribution in [3.05, 3.63) is 46.6 Å². The van der Waals surface area contributed by atoms with E-state index >= 15 is 0 Å². The third-order valence-electron chi connectivity index (χ3n) is 1.95. The Hall–Kier alpha value is -1.16. The molecule has 0 saturated carbocycles. The molecule has 0 N–H and O–H groups in total. The number of halogens is 1. The molecule has 72 valence electrons. The summed E-state index contributed by atoms with van der Waals surface area (Å²) in [5, 5.41) is 7.45. The summed E-state index contributed by atoms with van der Waals surface area (Å²) in [6.07, 6.45) is 3.08. The van der Waals surface area contributed by atoms with E-state index < -0.39 is 0 Å². The van der Waals surface area contributed by atoms with Crippen LogP contribution in [0.3, 0.4) is 0 Å². The van der Waals surface area contributed by atoms with Gasteiger partial charge in [-0.15, -0.1) is 10.2 Å². The average Bonchev–Trinajstić information content (AvgIpc) is 2.70. The summed E-state index contributed by atoms with van der Waals surface area (Å²) in [6, 6.07) is 8.23. The van der Waals surface area contributed by atoms with Crippen LogP contribution in [-0.4, -0.2) is 10.2 Å².